The molecule has 3 nitrogen and oxygen atoms in total. The van der Waals surface area contributed by atoms with Crippen LogP contribution in [0.5, 0.6) is 0 Å². The lowest BCUT2D eigenvalue weighted by atomic mass is 10.0. The largest absolute Gasteiger partial charge is 0.501 e. The van der Waals surface area contributed by atoms with Crippen molar-refractivity contribution in [3.8, 4) is 0 Å². The molecule has 0 fully saturated rings. The number of hydrogen-bond donors (Lipinski definition) is 2. The number of rotatable bonds is 5. The maximum Gasteiger partial charge on any atom is 0.0876 e. The van der Waals surface area contributed by atoms with Crippen LogP contribution in [0.1, 0.15) is 18.4 Å². The third kappa shape index (κ3) is 3.77. The number of hydrogen-bond acceptors (Lipinski definition) is 4. The minimum Gasteiger partial charge on any atom is -0.501 e. The van der Waals surface area contributed by atoms with E-state index in [0.29, 0.717) is 0 Å². The van der Waals surface area contributed by atoms with Crippen LogP contribution in [0.2, 0.25) is 0 Å². The molecule has 3 N–H and O–H groups in total. The van der Waals surface area contributed by atoms with Gasteiger partial charge in [0.15, 0.2) is 0 Å². The first kappa shape index (κ1) is 13.5. The van der Waals surface area contributed by atoms with E-state index in [-0.39, 0.29) is 6.04 Å². The third-order valence-electron chi connectivity index (χ3n) is 3.05. The highest BCUT2D eigenvalue weighted by molar-refractivity contribution is 7.99. The molecule has 98 valence electrons. The van der Waals surface area contributed by atoms with Crippen molar-refractivity contribution in [1.82, 2.24) is 5.43 Å². The van der Waals surface area contributed by atoms with Crippen LogP contribution in [-0.4, -0.2) is 18.4 Å². The van der Waals surface area contributed by atoms with Gasteiger partial charge in [0.05, 0.1) is 18.9 Å². The molecule has 1 unspecified atom stereocenters. The molecule has 1 aliphatic rings. The van der Waals surface area contributed by atoms with Crippen molar-refractivity contribution >= 4 is 11.8 Å². The molecular formula is C14H20N2OS. The Balaban J connectivity index is 1.90. The summed E-state index contributed by atoms with van der Waals surface area (Å²) in [6, 6.07) is 8.77. The summed E-state index contributed by atoms with van der Waals surface area (Å²) in [7, 11) is 0. The molecule has 0 spiro atoms. The van der Waals surface area contributed by atoms with Crippen molar-refractivity contribution in [2.75, 3.05) is 12.4 Å². The molecule has 1 heterocycles. The van der Waals surface area contributed by atoms with Crippen molar-refractivity contribution in [1.29, 1.82) is 0 Å². The van der Waals surface area contributed by atoms with Gasteiger partial charge in [-0.2, -0.15) is 0 Å². The van der Waals surface area contributed by atoms with Gasteiger partial charge in [0, 0.05) is 10.6 Å². The SMILES string of the molecule is Cc1ccc(SCC(NN)C2=COCCC2)cc1. The van der Waals surface area contributed by atoms with E-state index in [0.717, 1.165) is 25.2 Å². The first-order valence-electron chi connectivity index (χ1n) is 6.26. The molecule has 0 radical (unpaired) electrons. The second-order valence-corrected chi connectivity index (χ2v) is 5.60. The number of nitrogens with one attached hydrogen (secondary N) is 1. The lowest BCUT2D eigenvalue weighted by Crippen LogP contribution is -2.39. The summed E-state index contributed by atoms with van der Waals surface area (Å²) >= 11 is 1.82. The minimum absolute atomic E-state index is 0.191. The number of thioether (sulfide) groups is 1. The van der Waals surface area contributed by atoms with Crippen LogP contribution in [0.25, 0.3) is 0 Å². The first-order chi connectivity index (χ1) is 8.79. The van der Waals surface area contributed by atoms with Crippen molar-refractivity contribution in [2.24, 2.45) is 5.84 Å². The average Bonchev–Trinajstić information content (AvgIpc) is 2.43. The molecule has 1 aromatic rings. The lowest BCUT2D eigenvalue weighted by molar-refractivity contribution is 0.220. The Hall–Kier alpha value is -0.970. The van der Waals surface area contributed by atoms with E-state index < -0.39 is 0 Å². The van der Waals surface area contributed by atoms with Crippen LogP contribution in [0.3, 0.4) is 0 Å². The topological polar surface area (TPSA) is 47.3 Å². The Morgan fingerprint density at radius 3 is 2.78 bits per heavy atom. The van der Waals surface area contributed by atoms with Crippen molar-refractivity contribution < 1.29 is 4.74 Å². The molecule has 1 aliphatic heterocycles. The Kier molecular flexibility index (Phi) is 5.11. The smallest absolute Gasteiger partial charge is 0.0876 e. The van der Waals surface area contributed by atoms with Gasteiger partial charge in [-0.05, 0) is 37.5 Å². The molecule has 1 atom stereocenters. The van der Waals surface area contributed by atoms with Gasteiger partial charge in [-0.25, -0.2) is 0 Å². The highest BCUT2D eigenvalue weighted by Crippen LogP contribution is 2.23. The maximum absolute atomic E-state index is 5.63. The summed E-state index contributed by atoms with van der Waals surface area (Å²) in [4.78, 5) is 1.28. The number of hydrazine groups is 1. The summed E-state index contributed by atoms with van der Waals surface area (Å²) in [5.41, 5.74) is 5.44. The van der Waals surface area contributed by atoms with Gasteiger partial charge in [0.2, 0.25) is 0 Å². The number of nitrogens with two attached hydrogens (primary N) is 1. The summed E-state index contributed by atoms with van der Waals surface area (Å²) < 4.78 is 5.37. The quantitative estimate of drug-likeness (QED) is 0.487. The predicted octanol–water partition coefficient (Wildman–Crippen LogP) is 2.61. The highest BCUT2D eigenvalue weighted by atomic mass is 32.2. The van der Waals surface area contributed by atoms with Crippen LogP contribution in [0.4, 0.5) is 0 Å². The van der Waals surface area contributed by atoms with Gasteiger partial charge < -0.3 is 4.74 Å². The van der Waals surface area contributed by atoms with E-state index in [1.165, 1.54) is 16.0 Å². The normalized spacial score (nSPS) is 16.9. The van der Waals surface area contributed by atoms with Gasteiger partial charge in [0.25, 0.3) is 0 Å². The third-order valence-corrected chi connectivity index (χ3v) is 4.15. The predicted molar refractivity (Wildman–Crippen MR) is 76.3 cm³/mol. The fraction of sp³-hybridized carbons (Fsp3) is 0.429. The molecule has 0 aromatic heterocycles. The van der Waals surface area contributed by atoms with Crippen molar-refractivity contribution in [3.05, 3.63) is 41.7 Å². The van der Waals surface area contributed by atoms with Crippen LogP contribution in [-0.2, 0) is 4.74 Å². The highest BCUT2D eigenvalue weighted by Gasteiger charge is 2.16. The zero-order valence-electron chi connectivity index (χ0n) is 10.7. The molecule has 1 aromatic carbocycles. The number of benzene rings is 1. The molecular weight excluding hydrogens is 244 g/mol. The first-order valence-corrected chi connectivity index (χ1v) is 7.24. The molecule has 0 bridgehead atoms. The van der Waals surface area contributed by atoms with Crippen LogP contribution in [0, 0.1) is 6.92 Å². The van der Waals surface area contributed by atoms with E-state index >= 15 is 0 Å². The van der Waals surface area contributed by atoms with Gasteiger partial charge in [-0.1, -0.05) is 17.7 Å². The molecule has 0 saturated carbocycles. The molecule has 0 aliphatic carbocycles. The molecule has 4 heteroatoms. The van der Waals surface area contributed by atoms with Crippen LogP contribution < -0.4 is 11.3 Å². The number of aryl methyl sites for hydroxylation is 1. The maximum atomic E-state index is 5.63. The fourth-order valence-corrected chi connectivity index (χ4v) is 2.92. The summed E-state index contributed by atoms with van der Waals surface area (Å²) in [5, 5.41) is 0. The van der Waals surface area contributed by atoms with Gasteiger partial charge in [-0.3, -0.25) is 11.3 Å². The molecule has 2 rings (SSSR count). The zero-order chi connectivity index (χ0) is 12.8. The van der Waals surface area contributed by atoms with E-state index in [1.54, 1.807) is 0 Å². The fourth-order valence-electron chi connectivity index (χ4n) is 1.92. The Morgan fingerprint density at radius 1 is 1.39 bits per heavy atom. The van der Waals surface area contributed by atoms with Gasteiger partial charge >= 0.3 is 0 Å². The number of ether oxygens (including phenoxy) is 1. The summed E-state index contributed by atoms with van der Waals surface area (Å²) in [5.74, 6) is 6.56. The Labute approximate surface area is 113 Å². The second kappa shape index (κ2) is 6.83. The van der Waals surface area contributed by atoms with Crippen LogP contribution in [0.15, 0.2) is 41.0 Å². The molecule has 0 saturated heterocycles. The van der Waals surface area contributed by atoms with E-state index in [9.17, 15) is 0 Å². The van der Waals surface area contributed by atoms with E-state index in [1.807, 2.05) is 18.0 Å². The monoisotopic (exact) mass is 264 g/mol. The Bertz CT molecular complexity index is 403. The van der Waals surface area contributed by atoms with Crippen LogP contribution >= 0.6 is 11.8 Å². The van der Waals surface area contributed by atoms with Crippen molar-refractivity contribution in [3.63, 3.8) is 0 Å². The second-order valence-electron chi connectivity index (χ2n) is 4.51. The Morgan fingerprint density at radius 2 is 2.17 bits per heavy atom. The average molecular weight is 264 g/mol. The zero-order valence-corrected chi connectivity index (χ0v) is 11.5. The minimum atomic E-state index is 0.191. The van der Waals surface area contributed by atoms with Gasteiger partial charge in [-0.15, -0.1) is 11.8 Å². The van der Waals surface area contributed by atoms with Gasteiger partial charge in [0.1, 0.15) is 0 Å². The van der Waals surface area contributed by atoms with E-state index in [2.05, 4.69) is 36.6 Å². The standard InChI is InChI=1S/C14H20N2OS/c1-11-4-6-13(7-5-11)18-10-14(16-15)12-3-2-8-17-9-12/h4-7,9,14,16H,2-3,8,10,15H2,1H3. The summed E-state index contributed by atoms with van der Waals surface area (Å²) in [6.07, 6.45) is 4.02. The van der Waals surface area contributed by atoms with Crippen molar-refractivity contribution in [2.45, 2.75) is 30.7 Å². The lowest BCUT2D eigenvalue weighted by Gasteiger charge is -2.22. The van der Waals surface area contributed by atoms with E-state index in [4.69, 9.17) is 10.6 Å². The molecule has 18 heavy (non-hydrogen) atoms. The molecule has 0 amide bonds. The summed E-state index contributed by atoms with van der Waals surface area (Å²) in [6.45, 7) is 2.93.